The summed E-state index contributed by atoms with van der Waals surface area (Å²) in [7, 11) is 1.67. The fourth-order valence-electron chi connectivity index (χ4n) is 4.05. The van der Waals surface area contributed by atoms with E-state index in [1.165, 1.54) is 5.56 Å². The van der Waals surface area contributed by atoms with Gasteiger partial charge >= 0.3 is 0 Å². The predicted molar refractivity (Wildman–Crippen MR) is 116 cm³/mol. The van der Waals surface area contributed by atoms with Crippen LogP contribution in [0, 0.1) is 0 Å². The summed E-state index contributed by atoms with van der Waals surface area (Å²) in [5.74, 6) is 0.815. The first kappa shape index (κ1) is 18.4. The molecule has 3 aromatic heterocycles. The maximum Gasteiger partial charge on any atom is 0.184 e. The van der Waals surface area contributed by atoms with Crippen molar-refractivity contribution >= 4 is 32.3 Å². The highest BCUT2D eigenvalue weighted by molar-refractivity contribution is 7.22. The summed E-state index contributed by atoms with van der Waals surface area (Å²) < 4.78 is 8.58. The fourth-order valence-corrected chi connectivity index (χ4v) is 5.04. The summed E-state index contributed by atoms with van der Waals surface area (Å²) in [5.41, 5.74) is 4.24. The molecule has 0 radical (unpaired) electrons. The minimum absolute atomic E-state index is 0.108. The van der Waals surface area contributed by atoms with Crippen molar-refractivity contribution in [1.82, 2.24) is 14.4 Å². The molecule has 0 unspecified atom stereocenters. The zero-order chi connectivity index (χ0) is 19.8. The molecule has 2 N–H and O–H groups in total. The molecule has 1 aliphatic rings. The summed E-state index contributed by atoms with van der Waals surface area (Å²) in [6, 6.07) is 10.4. The van der Waals surface area contributed by atoms with Crippen molar-refractivity contribution in [3.63, 3.8) is 0 Å². The maximum absolute atomic E-state index is 10.2. The normalized spacial score (nSPS) is 19.7. The van der Waals surface area contributed by atoms with Gasteiger partial charge in [-0.1, -0.05) is 30.2 Å². The third-order valence-corrected chi connectivity index (χ3v) is 6.62. The van der Waals surface area contributed by atoms with Gasteiger partial charge in [0.05, 0.1) is 35.7 Å². The molecule has 1 saturated carbocycles. The number of thiazole rings is 1. The Labute approximate surface area is 173 Å². The molecule has 3 heterocycles. The lowest BCUT2D eigenvalue weighted by Gasteiger charge is -2.27. The number of methoxy groups -OCH3 is 1. The van der Waals surface area contributed by atoms with E-state index in [0.29, 0.717) is 0 Å². The Morgan fingerprint density at radius 2 is 2.14 bits per heavy atom. The van der Waals surface area contributed by atoms with Crippen molar-refractivity contribution in [2.75, 3.05) is 12.4 Å². The van der Waals surface area contributed by atoms with Gasteiger partial charge in [0.25, 0.3) is 0 Å². The number of benzene rings is 1. The summed E-state index contributed by atoms with van der Waals surface area (Å²) in [6.07, 6.45) is 8.54. The Morgan fingerprint density at radius 3 is 3.00 bits per heavy atom. The number of pyridine rings is 1. The Kier molecular flexibility index (Phi) is 4.85. The van der Waals surface area contributed by atoms with Crippen molar-refractivity contribution < 1.29 is 9.84 Å². The predicted octanol–water partition coefficient (Wildman–Crippen LogP) is 4.26. The van der Waals surface area contributed by atoms with Crippen LogP contribution in [0.4, 0.5) is 5.13 Å². The zero-order valence-corrected chi connectivity index (χ0v) is 17.2. The SMILES string of the molecule is COc1ccc2ncc(Cc3ccc4nc(N[C@@H]5CCCC[C@H]5O)sc4c3)n2c1. The van der Waals surface area contributed by atoms with Crippen molar-refractivity contribution in [2.24, 2.45) is 0 Å². The average molecular weight is 409 g/mol. The minimum atomic E-state index is -0.279. The number of ether oxygens (including phenoxy) is 1. The molecule has 1 aromatic carbocycles. The number of aliphatic hydroxyl groups excluding tert-OH is 1. The summed E-state index contributed by atoms with van der Waals surface area (Å²) in [5, 5.41) is 14.6. The number of anilines is 1. The Balaban J connectivity index is 1.39. The van der Waals surface area contributed by atoms with Gasteiger partial charge in [-0.15, -0.1) is 0 Å². The number of hydrogen-bond donors (Lipinski definition) is 2. The number of nitrogens with zero attached hydrogens (tertiary/aromatic N) is 3. The highest BCUT2D eigenvalue weighted by atomic mass is 32.1. The molecule has 0 amide bonds. The van der Waals surface area contributed by atoms with Gasteiger partial charge in [-0.25, -0.2) is 9.97 Å². The van der Waals surface area contributed by atoms with Gasteiger partial charge in [-0.05, 0) is 42.7 Å². The van der Waals surface area contributed by atoms with Crippen molar-refractivity contribution in [2.45, 2.75) is 44.2 Å². The van der Waals surface area contributed by atoms with E-state index in [2.05, 4.69) is 32.9 Å². The summed E-state index contributed by atoms with van der Waals surface area (Å²) in [4.78, 5) is 9.21. The fraction of sp³-hybridized carbons (Fsp3) is 0.364. The van der Waals surface area contributed by atoms with Gasteiger partial charge in [0, 0.05) is 18.3 Å². The van der Waals surface area contributed by atoms with Gasteiger partial charge < -0.3 is 19.6 Å². The van der Waals surface area contributed by atoms with Crippen LogP contribution in [0.15, 0.2) is 42.7 Å². The molecule has 0 spiro atoms. The lowest BCUT2D eigenvalue weighted by atomic mass is 9.93. The Hall–Kier alpha value is -2.64. The highest BCUT2D eigenvalue weighted by Gasteiger charge is 2.23. The average Bonchev–Trinajstić information content (AvgIpc) is 3.32. The molecule has 0 bridgehead atoms. The third-order valence-electron chi connectivity index (χ3n) is 5.67. The maximum atomic E-state index is 10.2. The summed E-state index contributed by atoms with van der Waals surface area (Å²) >= 11 is 1.65. The van der Waals surface area contributed by atoms with E-state index in [0.717, 1.165) is 64.5 Å². The molecular weight excluding hydrogens is 384 g/mol. The number of fused-ring (bicyclic) bond motifs is 2. The first-order chi connectivity index (χ1) is 14.2. The minimum Gasteiger partial charge on any atom is -0.495 e. The van der Waals surface area contributed by atoms with Crippen LogP contribution in [0.5, 0.6) is 5.75 Å². The number of rotatable bonds is 5. The van der Waals surface area contributed by atoms with Crippen LogP contribution in [-0.4, -0.2) is 38.7 Å². The molecule has 4 aromatic rings. The summed E-state index contributed by atoms with van der Waals surface area (Å²) in [6.45, 7) is 0. The second-order valence-electron chi connectivity index (χ2n) is 7.65. The Morgan fingerprint density at radius 1 is 1.24 bits per heavy atom. The first-order valence-corrected chi connectivity index (χ1v) is 10.9. The van der Waals surface area contributed by atoms with E-state index in [1.807, 2.05) is 24.5 Å². The van der Waals surface area contributed by atoms with Crippen LogP contribution in [0.1, 0.15) is 36.9 Å². The van der Waals surface area contributed by atoms with Crippen LogP contribution in [0.25, 0.3) is 15.9 Å². The quantitative estimate of drug-likeness (QED) is 0.516. The van der Waals surface area contributed by atoms with Crippen molar-refractivity contribution in [1.29, 1.82) is 0 Å². The molecule has 0 aliphatic heterocycles. The van der Waals surface area contributed by atoms with Crippen molar-refractivity contribution in [3.8, 4) is 5.75 Å². The molecule has 1 fully saturated rings. The largest absolute Gasteiger partial charge is 0.495 e. The standard InChI is InChI=1S/C22H24N4O2S/c1-28-16-7-9-21-23-12-15(26(21)13-16)10-14-6-8-18-20(11-14)29-22(25-18)24-17-4-2-3-5-19(17)27/h6-9,11-13,17,19,27H,2-5,10H2,1H3,(H,24,25)/t17-,19-/m1/s1. The number of hydrogen-bond acceptors (Lipinski definition) is 6. The number of aromatic nitrogens is 3. The molecule has 0 saturated heterocycles. The lowest BCUT2D eigenvalue weighted by Crippen LogP contribution is -2.36. The van der Waals surface area contributed by atoms with E-state index in [1.54, 1.807) is 18.4 Å². The van der Waals surface area contributed by atoms with Crippen LogP contribution >= 0.6 is 11.3 Å². The topological polar surface area (TPSA) is 71.7 Å². The van der Waals surface area contributed by atoms with Crippen molar-refractivity contribution in [3.05, 3.63) is 54.0 Å². The van der Waals surface area contributed by atoms with E-state index in [9.17, 15) is 5.11 Å². The van der Waals surface area contributed by atoms with Crippen LogP contribution in [0.3, 0.4) is 0 Å². The van der Waals surface area contributed by atoms with Crippen LogP contribution in [0.2, 0.25) is 0 Å². The highest BCUT2D eigenvalue weighted by Crippen LogP contribution is 2.30. The van der Waals surface area contributed by atoms with E-state index in [-0.39, 0.29) is 12.1 Å². The van der Waals surface area contributed by atoms with E-state index in [4.69, 9.17) is 9.72 Å². The number of imidazole rings is 1. The van der Waals surface area contributed by atoms with Gasteiger partial charge in [0.15, 0.2) is 5.13 Å². The molecule has 5 rings (SSSR count). The van der Waals surface area contributed by atoms with Gasteiger partial charge in [0.2, 0.25) is 0 Å². The monoisotopic (exact) mass is 408 g/mol. The van der Waals surface area contributed by atoms with Crippen LogP contribution < -0.4 is 10.1 Å². The number of nitrogens with one attached hydrogen (secondary N) is 1. The molecule has 7 heteroatoms. The lowest BCUT2D eigenvalue weighted by molar-refractivity contribution is 0.116. The molecule has 2 atom stereocenters. The second kappa shape index (κ2) is 7.65. The molecular formula is C22H24N4O2S. The second-order valence-corrected chi connectivity index (χ2v) is 8.68. The Bertz CT molecular complexity index is 1150. The van der Waals surface area contributed by atoms with E-state index < -0.39 is 0 Å². The molecule has 150 valence electrons. The van der Waals surface area contributed by atoms with Gasteiger partial charge in [-0.3, -0.25) is 0 Å². The zero-order valence-electron chi connectivity index (χ0n) is 16.3. The number of aliphatic hydroxyl groups is 1. The van der Waals surface area contributed by atoms with E-state index >= 15 is 0 Å². The van der Waals surface area contributed by atoms with Gasteiger partial charge in [0.1, 0.15) is 11.4 Å². The third kappa shape index (κ3) is 3.68. The smallest absolute Gasteiger partial charge is 0.184 e. The molecule has 1 aliphatic carbocycles. The molecule has 6 nitrogen and oxygen atoms in total. The first-order valence-electron chi connectivity index (χ1n) is 10.0. The van der Waals surface area contributed by atoms with Gasteiger partial charge in [-0.2, -0.15) is 0 Å². The molecule has 29 heavy (non-hydrogen) atoms. The van der Waals surface area contributed by atoms with Crippen LogP contribution in [-0.2, 0) is 6.42 Å².